The van der Waals surface area contributed by atoms with Crippen molar-refractivity contribution in [2.24, 2.45) is 0 Å². The van der Waals surface area contributed by atoms with Gasteiger partial charge in [-0.05, 0) is 29.8 Å². The molecule has 4 nitrogen and oxygen atoms in total. The summed E-state index contributed by atoms with van der Waals surface area (Å²) in [5.74, 6) is -6.08. The quantitative estimate of drug-likeness (QED) is 0.874. The first kappa shape index (κ1) is 16.2. The lowest BCUT2D eigenvalue weighted by atomic mass is 10.0. The standard InChI is InChI=1S/C17H12F3NO3/c18-11-7-5-10(6-8-11)14(22)17(19,20)9-21-15(23)12-3-1-2-4-13(12)16(21)24/h1-8,14,22H,9H2/t14-/m0/s1. The number of alkyl halides is 2. The molecule has 0 fully saturated rings. The molecule has 1 N–H and O–H groups in total. The van der Waals surface area contributed by atoms with Crippen LogP contribution in [0.4, 0.5) is 13.2 Å². The molecule has 1 aliphatic heterocycles. The number of halogens is 3. The highest BCUT2D eigenvalue weighted by atomic mass is 19.3. The summed E-state index contributed by atoms with van der Waals surface area (Å²) < 4.78 is 41.5. The number of carbonyl (C=O) groups is 2. The van der Waals surface area contributed by atoms with E-state index in [4.69, 9.17) is 0 Å². The molecule has 2 aromatic carbocycles. The number of hydrogen-bond acceptors (Lipinski definition) is 3. The first-order valence-electron chi connectivity index (χ1n) is 7.08. The van der Waals surface area contributed by atoms with Crippen LogP contribution in [0, 0.1) is 5.82 Å². The molecule has 0 spiro atoms. The predicted molar refractivity (Wildman–Crippen MR) is 78.1 cm³/mol. The van der Waals surface area contributed by atoms with Crippen LogP contribution < -0.4 is 0 Å². The number of benzene rings is 2. The third-order valence-electron chi connectivity index (χ3n) is 3.83. The monoisotopic (exact) mass is 335 g/mol. The predicted octanol–water partition coefficient (Wildman–Crippen LogP) is 2.79. The highest BCUT2D eigenvalue weighted by Gasteiger charge is 2.46. The summed E-state index contributed by atoms with van der Waals surface area (Å²) >= 11 is 0. The Morgan fingerprint density at radius 1 is 0.958 bits per heavy atom. The van der Waals surface area contributed by atoms with Crippen molar-refractivity contribution in [1.82, 2.24) is 4.90 Å². The Kier molecular flexibility index (Phi) is 3.88. The first-order chi connectivity index (χ1) is 11.3. The minimum absolute atomic E-state index is 0.0505. The molecular formula is C17H12F3NO3. The topological polar surface area (TPSA) is 57.6 Å². The lowest BCUT2D eigenvalue weighted by Gasteiger charge is -2.26. The van der Waals surface area contributed by atoms with Gasteiger partial charge in [0, 0.05) is 0 Å². The highest BCUT2D eigenvalue weighted by Crippen LogP contribution is 2.34. The summed E-state index contributed by atoms with van der Waals surface area (Å²) in [6.45, 7) is -1.27. The number of imide groups is 1. The summed E-state index contributed by atoms with van der Waals surface area (Å²) in [5, 5.41) is 9.87. The van der Waals surface area contributed by atoms with Gasteiger partial charge in [0.25, 0.3) is 17.7 Å². The van der Waals surface area contributed by atoms with Gasteiger partial charge >= 0.3 is 0 Å². The van der Waals surface area contributed by atoms with E-state index in [-0.39, 0.29) is 16.7 Å². The normalized spacial score (nSPS) is 15.6. The molecule has 24 heavy (non-hydrogen) atoms. The number of rotatable bonds is 4. The third-order valence-corrected chi connectivity index (χ3v) is 3.83. The summed E-state index contributed by atoms with van der Waals surface area (Å²) in [6.07, 6.45) is -2.28. The Hall–Kier alpha value is -2.67. The number of aliphatic hydroxyl groups is 1. The first-order valence-corrected chi connectivity index (χ1v) is 7.08. The molecule has 3 rings (SSSR count). The number of fused-ring (bicyclic) bond motifs is 1. The molecular weight excluding hydrogens is 323 g/mol. The number of carbonyl (C=O) groups excluding carboxylic acids is 2. The Bertz CT molecular complexity index is 770. The van der Waals surface area contributed by atoms with Crippen molar-refractivity contribution in [2.45, 2.75) is 12.0 Å². The van der Waals surface area contributed by atoms with Crippen LogP contribution in [0.5, 0.6) is 0 Å². The van der Waals surface area contributed by atoms with Crippen LogP contribution in [0.1, 0.15) is 32.4 Å². The zero-order valence-electron chi connectivity index (χ0n) is 12.2. The van der Waals surface area contributed by atoms with Gasteiger partial charge in [0.05, 0.1) is 17.7 Å². The van der Waals surface area contributed by atoms with Gasteiger partial charge < -0.3 is 5.11 Å². The van der Waals surface area contributed by atoms with Crippen LogP contribution in [0.2, 0.25) is 0 Å². The van der Waals surface area contributed by atoms with Gasteiger partial charge in [0.2, 0.25) is 0 Å². The maximum Gasteiger partial charge on any atom is 0.295 e. The van der Waals surface area contributed by atoms with Crippen LogP contribution in [-0.4, -0.2) is 34.3 Å². The second-order valence-electron chi connectivity index (χ2n) is 5.46. The van der Waals surface area contributed by atoms with Gasteiger partial charge in [0.15, 0.2) is 0 Å². The van der Waals surface area contributed by atoms with Gasteiger partial charge in [-0.25, -0.2) is 13.2 Å². The molecule has 124 valence electrons. The number of aliphatic hydroxyl groups excluding tert-OH is 1. The van der Waals surface area contributed by atoms with Crippen molar-refractivity contribution in [3.63, 3.8) is 0 Å². The lowest BCUT2D eigenvalue weighted by molar-refractivity contribution is -0.118. The zero-order valence-corrected chi connectivity index (χ0v) is 12.2. The molecule has 0 aliphatic carbocycles. The summed E-state index contributed by atoms with van der Waals surface area (Å²) in [5.41, 5.74) is -0.109. The molecule has 0 bridgehead atoms. The fourth-order valence-electron chi connectivity index (χ4n) is 2.57. The molecule has 0 saturated heterocycles. The van der Waals surface area contributed by atoms with E-state index in [1.165, 1.54) is 24.3 Å². The smallest absolute Gasteiger partial charge is 0.295 e. The van der Waals surface area contributed by atoms with Crippen molar-refractivity contribution >= 4 is 11.8 Å². The SMILES string of the molecule is O=C1c2ccccc2C(=O)N1CC(F)(F)[C@@H](O)c1ccc(F)cc1. The molecule has 1 atom stereocenters. The van der Waals surface area contributed by atoms with Crippen LogP contribution in [-0.2, 0) is 0 Å². The number of nitrogens with zero attached hydrogens (tertiary/aromatic N) is 1. The van der Waals surface area contributed by atoms with E-state index in [9.17, 15) is 27.9 Å². The maximum absolute atomic E-state index is 14.3. The Morgan fingerprint density at radius 2 is 1.46 bits per heavy atom. The van der Waals surface area contributed by atoms with E-state index in [0.29, 0.717) is 4.90 Å². The summed E-state index contributed by atoms with van der Waals surface area (Å²) in [4.78, 5) is 24.7. The van der Waals surface area contributed by atoms with E-state index >= 15 is 0 Å². The average molecular weight is 335 g/mol. The van der Waals surface area contributed by atoms with Gasteiger partial charge in [-0.3, -0.25) is 14.5 Å². The number of hydrogen-bond donors (Lipinski definition) is 1. The number of amides is 2. The van der Waals surface area contributed by atoms with Gasteiger partial charge in [0.1, 0.15) is 11.9 Å². The molecule has 0 unspecified atom stereocenters. The van der Waals surface area contributed by atoms with Crippen molar-refractivity contribution in [2.75, 3.05) is 6.54 Å². The molecule has 0 radical (unpaired) electrons. The molecule has 0 saturated carbocycles. The van der Waals surface area contributed by atoms with Crippen molar-refractivity contribution in [3.05, 3.63) is 71.0 Å². The Labute approximate surface area is 135 Å². The molecule has 0 aromatic heterocycles. The van der Waals surface area contributed by atoms with E-state index in [1.807, 2.05) is 0 Å². The van der Waals surface area contributed by atoms with E-state index < -0.39 is 36.2 Å². The second-order valence-corrected chi connectivity index (χ2v) is 5.46. The minimum Gasteiger partial charge on any atom is -0.382 e. The van der Waals surface area contributed by atoms with Crippen LogP contribution >= 0.6 is 0 Å². The molecule has 2 amide bonds. The fourth-order valence-corrected chi connectivity index (χ4v) is 2.57. The average Bonchev–Trinajstić information content (AvgIpc) is 2.80. The third kappa shape index (κ3) is 2.67. The summed E-state index contributed by atoms with van der Waals surface area (Å²) in [7, 11) is 0. The lowest BCUT2D eigenvalue weighted by Crippen LogP contribution is -2.43. The van der Waals surface area contributed by atoms with Crippen molar-refractivity contribution in [3.8, 4) is 0 Å². The van der Waals surface area contributed by atoms with E-state index in [2.05, 4.69) is 0 Å². The van der Waals surface area contributed by atoms with E-state index in [1.54, 1.807) is 0 Å². The largest absolute Gasteiger partial charge is 0.382 e. The minimum atomic E-state index is -3.79. The Balaban J connectivity index is 1.83. The van der Waals surface area contributed by atoms with Crippen LogP contribution in [0.25, 0.3) is 0 Å². The summed E-state index contributed by atoms with van der Waals surface area (Å²) in [6, 6.07) is 9.74. The fraction of sp³-hybridized carbons (Fsp3) is 0.176. The maximum atomic E-state index is 14.3. The van der Waals surface area contributed by atoms with Crippen molar-refractivity contribution < 1.29 is 27.9 Å². The molecule has 7 heteroatoms. The van der Waals surface area contributed by atoms with Crippen LogP contribution in [0.15, 0.2) is 48.5 Å². The van der Waals surface area contributed by atoms with Gasteiger partial charge in [-0.15, -0.1) is 0 Å². The van der Waals surface area contributed by atoms with Crippen molar-refractivity contribution in [1.29, 1.82) is 0 Å². The van der Waals surface area contributed by atoms with E-state index in [0.717, 1.165) is 24.3 Å². The molecule has 1 aliphatic rings. The highest BCUT2D eigenvalue weighted by molar-refractivity contribution is 6.21. The zero-order chi connectivity index (χ0) is 17.5. The Morgan fingerprint density at radius 3 is 1.96 bits per heavy atom. The van der Waals surface area contributed by atoms with Gasteiger partial charge in [-0.2, -0.15) is 0 Å². The second kappa shape index (κ2) is 5.76. The van der Waals surface area contributed by atoms with Gasteiger partial charge in [-0.1, -0.05) is 24.3 Å². The molecule has 2 aromatic rings. The van der Waals surface area contributed by atoms with Crippen LogP contribution in [0.3, 0.4) is 0 Å². The molecule has 1 heterocycles.